The monoisotopic (exact) mass is 494 g/mol. The summed E-state index contributed by atoms with van der Waals surface area (Å²) in [6, 6.07) is 4.78. The first-order valence-corrected chi connectivity index (χ1v) is 11.3. The second-order valence-electron chi connectivity index (χ2n) is 8.40. The molecule has 1 saturated carbocycles. The van der Waals surface area contributed by atoms with Gasteiger partial charge in [-0.25, -0.2) is 8.42 Å². The van der Waals surface area contributed by atoms with Crippen LogP contribution in [-0.4, -0.2) is 30.1 Å². The Kier molecular flexibility index (Phi) is 6.29. The third kappa shape index (κ3) is 4.99. The average molecular weight is 494 g/mol. The van der Waals surface area contributed by atoms with E-state index in [4.69, 9.17) is 0 Å². The number of aromatic nitrogens is 1. The summed E-state index contributed by atoms with van der Waals surface area (Å²) in [5.41, 5.74) is -2.28. The number of sulfone groups is 1. The Labute approximate surface area is 186 Å². The van der Waals surface area contributed by atoms with Gasteiger partial charge in [0.15, 0.2) is 9.84 Å². The molecule has 0 aliphatic heterocycles. The van der Waals surface area contributed by atoms with Crippen LogP contribution in [0.4, 0.5) is 26.3 Å². The van der Waals surface area contributed by atoms with Crippen LogP contribution in [-0.2, 0) is 22.2 Å². The smallest absolute Gasteiger partial charge is 0.349 e. The molecule has 0 saturated heterocycles. The number of halogens is 6. The van der Waals surface area contributed by atoms with Crippen LogP contribution in [0.5, 0.6) is 0 Å². The Morgan fingerprint density at radius 2 is 1.64 bits per heavy atom. The van der Waals surface area contributed by atoms with Gasteiger partial charge in [0.25, 0.3) is 5.91 Å². The molecule has 1 aliphatic rings. The fourth-order valence-corrected chi connectivity index (χ4v) is 5.41. The number of carbonyl (C=O) groups is 1. The molecule has 1 heterocycles. The van der Waals surface area contributed by atoms with Crippen molar-refractivity contribution >= 4 is 15.7 Å². The maximum atomic E-state index is 13.1. The Bertz CT molecular complexity index is 1140. The van der Waals surface area contributed by atoms with E-state index in [1.807, 2.05) is 0 Å². The largest absolute Gasteiger partial charge is 0.433 e. The predicted octanol–water partition coefficient (Wildman–Crippen LogP) is 4.88. The Morgan fingerprint density at radius 3 is 2.15 bits per heavy atom. The van der Waals surface area contributed by atoms with Crippen molar-refractivity contribution < 1.29 is 39.6 Å². The quantitative estimate of drug-likeness (QED) is 0.602. The Hall–Kier alpha value is -2.63. The molecule has 33 heavy (non-hydrogen) atoms. The molecule has 5 nitrogen and oxygen atoms in total. The minimum Gasteiger partial charge on any atom is -0.349 e. The van der Waals surface area contributed by atoms with Crippen molar-refractivity contribution in [1.82, 2.24) is 10.3 Å². The van der Waals surface area contributed by atoms with E-state index < -0.39 is 61.0 Å². The van der Waals surface area contributed by atoms with Gasteiger partial charge < -0.3 is 5.32 Å². The number of hydrogen-bond acceptors (Lipinski definition) is 4. The van der Waals surface area contributed by atoms with Crippen LogP contribution < -0.4 is 5.32 Å². The number of benzene rings is 1. The molecule has 1 N–H and O–H groups in total. The van der Waals surface area contributed by atoms with Gasteiger partial charge in [-0.1, -0.05) is 6.07 Å². The first-order chi connectivity index (χ1) is 15.0. The van der Waals surface area contributed by atoms with Crippen molar-refractivity contribution in [1.29, 1.82) is 0 Å². The van der Waals surface area contributed by atoms with Crippen LogP contribution in [0, 0.1) is 5.92 Å². The lowest BCUT2D eigenvalue weighted by Crippen LogP contribution is -2.53. The second-order valence-corrected chi connectivity index (χ2v) is 10.9. The van der Waals surface area contributed by atoms with Crippen molar-refractivity contribution in [3.8, 4) is 0 Å². The number of carbonyl (C=O) groups excluding carboxylic acids is 1. The molecule has 1 fully saturated rings. The predicted molar refractivity (Wildman–Crippen MR) is 106 cm³/mol. The molecule has 2 aromatic rings. The summed E-state index contributed by atoms with van der Waals surface area (Å²) in [5.74, 6) is -1.11. The van der Waals surface area contributed by atoms with Crippen molar-refractivity contribution in [2.75, 3.05) is 0 Å². The summed E-state index contributed by atoms with van der Waals surface area (Å²) >= 11 is 0. The molecule has 1 aliphatic carbocycles. The molecule has 1 aromatic heterocycles. The van der Waals surface area contributed by atoms with E-state index in [1.54, 1.807) is 0 Å². The first kappa shape index (κ1) is 25.0. The van der Waals surface area contributed by atoms with Gasteiger partial charge in [0.2, 0.25) is 0 Å². The molecule has 12 heteroatoms. The minimum absolute atomic E-state index is 0.0812. The highest BCUT2D eigenvalue weighted by Gasteiger charge is 2.49. The van der Waals surface area contributed by atoms with Gasteiger partial charge in [-0.2, -0.15) is 26.3 Å². The summed E-state index contributed by atoms with van der Waals surface area (Å²) in [6.07, 6.45) is -8.03. The minimum atomic E-state index is -4.69. The van der Waals surface area contributed by atoms with Crippen LogP contribution in [0.2, 0.25) is 0 Å². The van der Waals surface area contributed by atoms with Crippen molar-refractivity contribution in [2.45, 2.75) is 54.7 Å². The van der Waals surface area contributed by atoms with E-state index in [2.05, 4.69) is 10.3 Å². The van der Waals surface area contributed by atoms with Gasteiger partial charge in [0.1, 0.15) is 5.69 Å². The van der Waals surface area contributed by atoms with Crippen molar-refractivity contribution in [2.24, 2.45) is 5.92 Å². The van der Waals surface area contributed by atoms with Crippen molar-refractivity contribution in [3.63, 3.8) is 0 Å². The first-order valence-electron chi connectivity index (χ1n) is 9.79. The van der Waals surface area contributed by atoms with Crippen LogP contribution in [0.1, 0.15) is 48.3 Å². The summed E-state index contributed by atoms with van der Waals surface area (Å²) in [4.78, 5) is 15.0. The van der Waals surface area contributed by atoms with Crippen LogP contribution in [0.3, 0.4) is 0 Å². The zero-order valence-electron chi connectivity index (χ0n) is 17.5. The van der Waals surface area contributed by atoms with Gasteiger partial charge in [-0.15, -0.1) is 0 Å². The molecule has 0 radical (unpaired) electrons. The summed E-state index contributed by atoms with van der Waals surface area (Å²) in [6.45, 7) is 2.84. The van der Waals surface area contributed by atoms with E-state index in [0.29, 0.717) is 12.1 Å². The number of nitrogens with zero attached hydrogens (tertiary/aromatic N) is 1. The molecular weight excluding hydrogens is 474 g/mol. The fourth-order valence-electron chi connectivity index (χ4n) is 3.63. The molecule has 3 rings (SSSR count). The molecule has 0 unspecified atom stereocenters. The van der Waals surface area contributed by atoms with Gasteiger partial charge in [0, 0.05) is 12.2 Å². The van der Waals surface area contributed by atoms with E-state index in [-0.39, 0.29) is 18.4 Å². The number of pyridine rings is 1. The van der Waals surface area contributed by atoms with Gasteiger partial charge in [0.05, 0.1) is 20.8 Å². The van der Waals surface area contributed by atoms with Crippen molar-refractivity contribution in [3.05, 3.63) is 59.4 Å². The third-order valence-electron chi connectivity index (χ3n) is 5.94. The highest BCUT2D eigenvalue weighted by Crippen LogP contribution is 2.44. The van der Waals surface area contributed by atoms with E-state index in [9.17, 15) is 39.6 Å². The number of rotatable bonds is 5. The van der Waals surface area contributed by atoms with Crippen LogP contribution in [0.25, 0.3) is 0 Å². The van der Waals surface area contributed by atoms with E-state index >= 15 is 0 Å². The second kappa shape index (κ2) is 8.30. The molecule has 180 valence electrons. The normalized spacial score (nSPS) is 19.6. The molecule has 0 bridgehead atoms. The SMILES string of the molecule is CC(C)(C1CC(NC(=O)c2ccc(C(F)(F)F)nc2)C1)S(=O)(=O)c1cccc(C(F)(F)F)c1. The molecular formula is C21H20F6N2O3S. The van der Waals surface area contributed by atoms with Crippen LogP contribution >= 0.6 is 0 Å². The van der Waals surface area contributed by atoms with E-state index in [1.165, 1.54) is 13.8 Å². The average Bonchev–Trinajstić information content (AvgIpc) is 2.68. The molecule has 1 amide bonds. The van der Waals surface area contributed by atoms with Gasteiger partial charge in [-0.05, 0) is 62.9 Å². The lowest BCUT2D eigenvalue weighted by molar-refractivity contribution is -0.141. The lowest BCUT2D eigenvalue weighted by Gasteiger charge is -2.45. The Morgan fingerprint density at radius 1 is 1.00 bits per heavy atom. The number of amides is 1. The topological polar surface area (TPSA) is 76.1 Å². The zero-order valence-corrected chi connectivity index (χ0v) is 18.3. The molecule has 0 spiro atoms. The highest BCUT2D eigenvalue weighted by atomic mass is 32.2. The number of alkyl halides is 6. The molecule has 0 atom stereocenters. The fraction of sp³-hybridized carbons (Fsp3) is 0.429. The maximum absolute atomic E-state index is 13.1. The summed E-state index contributed by atoms with van der Waals surface area (Å²) in [7, 11) is -4.13. The summed E-state index contributed by atoms with van der Waals surface area (Å²) in [5, 5.41) is 2.61. The molecule has 1 aromatic carbocycles. The number of hydrogen-bond donors (Lipinski definition) is 1. The van der Waals surface area contributed by atoms with Crippen LogP contribution in [0.15, 0.2) is 47.5 Å². The Balaban J connectivity index is 1.66. The standard InChI is InChI=1S/C21H20F6N2O3S/c1-19(2,33(31,32)16-5-3-4-13(10-16)20(22,23)24)14-8-15(9-14)29-18(30)12-6-7-17(28-11-12)21(25,26)27/h3-7,10-11,14-15H,8-9H2,1-2H3,(H,29,30). The maximum Gasteiger partial charge on any atom is 0.433 e. The highest BCUT2D eigenvalue weighted by molar-refractivity contribution is 7.92. The lowest BCUT2D eigenvalue weighted by atomic mass is 9.73. The van der Waals surface area contributed by atoms with E-state index in [0.717, 1.165) is 30.5 Å². The third-order valence-corrected chi connectivity index (χ3v) is 8.53. The number of nitrogens with one attached hydrogen (secondary N) is 1. The van der Waals surface area contributed by atoms with Gasteiger partial charge >= 0.3 is 12.4 Å². The summed E-state index contributed by atoms with van der Waals surface area (Å²) < 4.78 is 101. The van der Waals surface area contributed by atoms with Gasteiger partial charge in [-0.3, -0.25) is 9.78 Å². The zero-order chi connectivity index (χ0) is 24.8.